The molecular formula is C14H14N4S. The van der Waals surface area contributed by atoms with Gasteiger partial charge in [0.05, 0.1) is 12.2 Å². The molecule has 0 amide bonds. The van der Waals surface area contributed by atoms with E-state index in [1.165, 1.54) is 0 Å². The summed E-state index contributed by atoms with van der Waals surface area (Å²) >= 11 is 1.65. The minimum Gasteiger partial charge on any atom is -0.326 e. The molecule has 0 saturated heterocycles. The van der Waals surface area contributed by atoms with Crippen LogP contribution in [-0.2, 0) is 6.54 Å². The smallest absolute Gasteiger partial charge is 0.207 e. The summed E-state index contributed by atoms with van der Waals surface area (Å²) in [7, 11) is 0. The van der Waals surface area contributed by atoms with Crippen molar-refractivity contribution in [3.05, 3.63) is 58.8 Å². The lowest BCUT2D eigenvalue weighted by atomic mass is 10.3. The number of hydrogen-bond donors (Lipinski definition) is 1. The molecule has 0 aliphatic heterocycles. The van der Waals surface area contributed by atoms with E-state index in [-0.39, 0.29) is 0 Å². The van der Waals surface area contributed by atoms with Gasteiger partial charge in [-0.2, -0.15) is 0 Å². The molecule has 0 saturated carbocycles. The molecule has 4 nitrogen and oxygen atoms in total. The maximum absolute atomic E-state index is 4.52. The van der Waals surface area contributed by atoms with Crippen molar-refractivity contribution in [2.45, 2.75) is 13.5 Å². The van der Waals surface area contributed by atoms with E-state index in [4.69, 9.17) is 0 Å². The van der Waals surface area contributed by atoms with Gasteiger partial charge in [0.2, 0.25) is 5.95 Å². The van der Waals surface area contributed by atoms with Crippen molar-refractivity contribution in [2.24, 2.45) is 0 Å². The topological polar surface area (TPSA) is 42.7 Å². The molecule has 0 radical (unpaired) electrons. The quantitative estimate of drug-likeness (QED) is 0.789. The molecule has 96 valence electrons. The zero-order valence-corrected chi connectivity index (χ0v) is 11.4. The van der Waals surface area contributed by atoms with Crippen LogP contribution in [0.15, 0.2) is 48.1 Å². The Morgan fingerprint density at radius 2 is 2.11 bits per heavy atom. The Kier molecular flexibility index (Phi) is 3.29. The van der Waals surface area contributed by atoms with Crippen molar-refractivity contribution in [1.82, 2.24) is 14.5 Å². The van der Waals surface area contributed by atoms with Gasteiger partial charge in [0.1, 0.15) is 5.01 Å². The lowest BCUT2D eigenvalue weighted by molar-refractivity contribution is 0.800. The first kappa shape index (κ1) is 11.9. The van der Waals surface area contributed by atoms with Gasteiger partial charge in [0.15, 0.2) is 0 Å². The van der Waals surface area contributed by atoms with Crippen LogP contribution in [0.1, 0.15) is 10.7 Å². The standard InChI is InChI=1S/C14H14N4S/c1-11-9-18(10-13-15-7-8-19-13)14(16-11)17-12-5-3-2-4-6-12/h2-9H,10H2,1H3,(H,16,17). The zero-order chi connectivity index (χ0) is 13.1. The fourth-order valence-electron chi connectivity index (χ4n) is 1.89. The van der Waals surface area contributed by atoms with Crippen molar-refractivity contribution in [3.8, 4) is 0 Å². The highest BCUT2D eigenvalue weighted by molar-refractivity contribution is 7.09. The van der Waals surface area contributed by atoms with Gasteiger partial charge in [-0.05, 0) is 19.1 Å². The number of anilines is 2. The number of hydrogen-bond acceptors (Lipinski definition) is 4. The van der Waals surface area contributed by atoms with Crippen LogP contribution in [0.4, 0.5) is 11.6 Å². The van der Waals surface area contributed by atoms with Gasteiger partial charge in [-0.25, -0.2) is 9.97 Å². The predicted octanol–water partition coefficient (Wildman–Crippen LogP) is 3.44. The van der Waals surface area contributed by atoms with Crippen LogP contribution in [0.2, 0.25) is 0 Å². The molecule has 19 heavy (non-hydrogen) atoms. The molecular weight excluding hydrogens is 256 g/mol. The highest BCUT2D eigenvalue weighted by Crippen LogP contribution is 2.18. The normalized spacial score (nSPS) is 10.6. The highest BCUT2D eigenvalue weighted by atomic mass is 32.1. The van der Waals surface area contributed by atoms with Crippen LogP contribution in [-0.4, -0.2) is 14.5 Å². The molecule has 2 heterocycles. The van der Waals surface area contributed by atoms with Crippen molar-refractivity contribution in [3.63, 3.8) is 0 Å². The molecule has 5 heteroatoms. The third kappa shape index (κ3) is 2.82. The van der Waals surface area contributed by atoms with E-state index in [0.717, 1.165) is 28.9 Å². The van der Waals surface area contributed by atoms with E-state index in [9.17, 15) is 0 Å². The van der Waals surface area contributed by atoms with Crippen LogP contribution in [0.5, 0.6) is 0 Å². The molecule has 3 rings (SSSR count). The number of rotatable bonds is 4. The van der Waals surface area contributed by atoms with Crippen LogP contribution in [0.3, 0.4) is 0 Å². The van der Waals surface area contributed by atoms with E-state index >= 15 is 0 Å². The lowest BCUT2D eigenvalue weighted by Crippen LogP contribution is -2.04. The molecule has 3 aromatic rings. The van der Waals surface area contributed by atoms with E-state index in [0.29, 0.717) is 0 Å². The molecule has 0 atom stereocenters. The van der Waals surface area contributed by atoms with Crippen molar-refractivity contribution in [2.75, 3.05) is 5.32 Å². The zero-order valence-electron chi connectivity index (χ0n) is 10.6. The Morgan fingerprint density at radius 3 is 2.84 bits per heavy atom. The first-order valence-corrected chi connectivity index (χ1v) is 6.93. The second-order valence-corrected chi connectivity index (χ2v) is 5.23. The van der Waals surface area contributed by atoms with Gasteiger partial charge in [0.25, 0.3) is 0 Å². The number of nitrogens with zero attached hydrogens (tertiary/aromatic N) is 3. The van der Waals surface area contributed by atoms with Crippen LogP contribution < -0.4 is 5.32 Å². The Balaban J connectivity index is 1.85. The second kappa shape index (κ2) is 5.24. The average molecular weight is 270 g/mol. The minimum atomic E-state index is 0.744. The monoisotopic (exact) mass is 270 g/mol. The van der Waals surface area contributed by atoms with Gasteiger partial charge in [0, 0.05) is 23.5 Å². The first-order valence-electron chi connectivity index (χ1n) is 6.05. The minimum absolute atomic E-state index is 0.744. The number of aromatic nitrogens is 3. The Bertz CT molecular complexity index is 643. The molecule has 1 aromatic carbocycles. The number of benzene rings is 1. The Labute approximate surface area is 115 Å². The van der Waals surface area contributed by atoms with Crippen LogP contribution >= 0.6 is 11.3 Å². The van der Waals surface area contributed by atoms with Crippen LogP contribution in [0, 0.1) is 6.92 Å². The van der Waals surface area contributed by atoms with Gasteiger partial charge in [-0.3, -0.25) is 0 Å². The summed E-state index contributed by atoms with van der Waals surface area (Å²) in [5.74, 6) is 0.846. The van der Waals surface area contributed by atoms with E-state index < -0.39 is 0 Å². The highest BCUT2D eigenvalue weighted by Gasteiger charge is 2.07. The number of nitrogens with one attached hydrogen (secondary N) is 1. The van der Waals surface area contributed by atoms with Crippen molar-refractivity contribution in [1.29, 1.82) is 0 Å². The molecule has 2 aromatic heterocycles. The number of para-hydroxylation sites is 1. The van der Waals surface area contributed by atoms with Gasteiger partial charge < -0.3 is 9.88 Å². The molecule has 0 aliphatic rings. The SMILES string of the molecule is Cc1cn(Cc2nccs2)c(Nc2ccccc2)n1. The second-order valence-electron chi connectivity index (χ2n) is 4.25. The summed E-state index contributed by atoms with van der Waals surface area (Å²) in [5, 5.41) is 6.40. The first-order chi connectivity index (χ1) is 9.31. The van der Waals surface area contributed by atoms with Crippen LogP contribution in [0.25, 0.3) is 0 Å². The molecule has 1 N–H and O–H groups in total. The summed E-state index contributed by atoms with van der Waals surface area (Å²) in [4.78, 5) is 8.83. The summed E-state index contributed by atoms with van der Waals surface area (Å²) < 4.78 is 2.08. The average Bonchev–Trinajstić information content (AvgIpc) is 3.02. The van der Waals surface area contributed by atoms with E-state index in [1.54, 1.807) is 11.3 Å². The van der Waals surface area contributed by atoms with Gasteiger partial charge in [-0.1, -0.05) is 18.2 Å². The third-order valence-corrected chi connectivity index (χ3v) is 3.48. The van der Waals surface area contributed by atoms with Crippen molar-refractivity contribution >= 4 is 23.0 Å². The summed E-state index contributed by atoms with van der Waals surface area (Å²) in [6.45, 7) is 2.74. The van der Waals surface area contributed by atoms with Gasteiger partial charge in [-0.15, -0.1) is 11.3 Å². The number of aryl methyl sites for hydroxylation is 1. The van der Waals surface area contributed by atoms with Crippen molar-refractivity contribution < 1.29 is 0 Å². The summed E-state index contributed by atoms with van der Waals surface area (Å²) in [6.07, 6.45) is 3.86. The number of imidazole rings is 1. The molecule has 0 spiro atoms. The van der Waals surface area contributed by atoms with E-state index in [2.05, 4.69) is 19.9 Å². The fourth-order valence-corrected chi connectivity index (χ4v) is 2.51. The maximum Gasteiger partial charge on any atom is 0.207 e. The lowest BCUT2D eigenvalue weighted by Gasteiger charge is -2.08. The molecule has 0 unspecified atom stereocenters. The fraction of sp³-hybridized carbons (Fsp3) is 0.143. The molecule has 0 fully saturated rings. The third-order valence-electron chi connectivity index (χ3n) is 2.72. The molecule has 0 aliphatic carbocycles. The summed E-state index contributed by atoms with van der Waals surface area (Å²) in [5.41, 5.74) is 2.03. The molecule has 0 bridgehead atoms. The summed E-state index contributed by atoms with van der Waals surface area (Å²) in [6, 6.07) is 10.1. The van der Waals surface area contributed by atoms with Gasteiger partial charge >= 0.3 is 0 Å². The number of thiazole rings is 1. The Morgan fingerprint density at radius 1 is 1.26 bits per heavy atom. The Hall–Kier alpha value is -2.14. The maximum atomic E-state index is 4.52. The predicted molar refractivity (Wildman–Crippen MR) is 77.9 cm³/mol. The van der Waals surface area contributed by atoms with E-state index in [1.807, 2.05) is 55.0 Å². The largest absolute Gasteiger partial charge is 0.326 e.